The molecule has 0 aliphatic heterocycles. The van der Waals surface area contributed by atoms with Crippen molar-refractivity contribution in [1.82, 2.24) is 10.6 Å². The van der Waals surface area contributed by atoms with Crippen molar-refractivity contribution >= 4 is 21.9 Å². The van der Waals surface area contributed by atoms with Gasteiger partial charge in [0, 0.05) is 20.1 Å². The molecule has 0 saturated carbocycles. The molecule has 1 rings (SSSR count). The standard InChI is InChI=1S/C13H19BrFN3/c1-3-7-17-13(16-2)18-8-6-10-4-5-12(15)11(14)9-10/h4-5,9H,3,6-8H2,1-2H3,(H2,16,17,18). The summed E-state index contributed by atoms with van der Waals surface area (Å²) in [5.74, 6) is 0.574. The van der Waals surface area contributed by atoms with Gasteiger partial charge in [-0.05, 0) is 46.5 Å². The van der Waals surface area contributed by atoms with E-state index in [2.05, 4.69) is 38.5 Å². The summed E-state index contributed by atoms with van der Waals surface area (Å²) < 4.78 is 13.6. The Morgan fingerprint density at radius 3 is 2.67 bits per heavy atom. The molecule has 0 aromatic heterocycles. The van der Waals surface area contributed by atoms with Crippen LogP contribution in [0.25, 0.3) is 0 Å². The van der Waals surface area contributed by atoms with E-state index < -0.39 is 0 Å². The van der Waals surface area contributed by atoms with Crippen LogP contribution in [-0.2, 0) is 6.42 Å². The van der Waals surface area contributed by atoms with Gasteiger partial charge < -0.3 is 10.6 Å². The second-order valence-electron chi connectivity index (χ2n) is 3.92. The molecule has 1 aromatic carbocycles. The zero-order valence-electron chi connectivity index (χ0n) is 10.8. The second-order valence-corrected chi connectivity index (χ2v) is 4.78. The largest absolute Gasteiger partial charge is 0.356 e. The molecule has 0 atom stereocenters. The maximum Gasteiger partial charge on any atom is 0.190 e. The van der Waals surface area contributed by atoms with Gasteiger partial charge in [-0.3, -0.25) is 4.99 Å². The lowest BCUT2D eigenvalue weighted by molar-refractivity contribution is 0.620. The second kappa shape index (κ2) is 8.08. The van der Waals surface area contributed by atoms with Crippen molar-refractivity contribution in [1.29, 1.82) is 0 Å². The van der Waals surface area contributed by atoms with Crippen LogP contribution in [0.15, 0.2) is 27.7 Å². The number of nitrogens with zero attached hydrogens (tertiary/aromatic N) is 1. The van der Waals surface area contributed by atoms with Gasteiger partial charge in [-0.2, -0.15) is 0 Å². The van der Waals surface area contributed by atoms with Crippen molar-refractivity contribution in [2.75, 3.05) is 20.1 Å². The van der Waals surface area contributed by atoms with Crippen LogP contribution in [-0.4, -0.2) is 26.1 Å². The van der Waals surface area contributed by atoms with E-state index in [-0.39, 0.29) is 5.82 Å². The fourth-order valence-corrected chi connectivity index (χ4v) is 1.91. The Labute approximate surface area is 116 Å². The van der Waals surface area contributed by atoms with Crippen LogP contribution in [0, 0.1) is 5.82 Å². The molecule has 0 heterocycles. The molecule has 0 radical (unpaired) electrons. The first-order valence-electron chi connectivity index (χ1n) is 6.05. The number of halogens is 2. The summed E-state index contributed by atoms with van der Waals surface area (Å²) in [4.78, 5) is 4.11. The van der Waals surface area contributed by atoms with E-state index in [9.17, 15) is 4.39 Å². The molecule has 0 aliphatic rings. The first-order valence-corrected chi connectivity index (χ1v) is 6.85. The molecule has 0 unspecified atom stereocenters. The number of hydrogen-bond acceptors (Lipinski definition) is 1. The molecular formula is C13H19BrFN3. The van der Waals surface area contributed by atoms with E-state index >= 15 is 0 Å². The monoisotopic (exact) mass is 315 g/mol. The third-order valence-electron chi connectivity index (χ3n) is 2.46. The highest BCUT2D eigenvalue weighted by Gasteiger charge is 2.01. The van der Waals surface area contributed by atoms with Crippen LogP contribution in [0.4, 0.5) is 4.39 Å². The molecule has 3 nitrogen and oxygen atoms in total. The minimum Gasteiger partial charge on any atom is -0.356 e. The number of guanidine groups is 1. The molecular weight excluding hydrogens is 297 g/mol. The highest BCUT2D eigenvalue weighted by Crippen LogP contribution is 2.16. The number of aliphatic imine (C=N–C) groups is 1. The fourth-order valence-electron chi connectivity index (χ4n) is 1.48. The average molecular weight is 316 g/mol. The average Bonchev–Trinajstić information content (AvgIpc) is 2.37. The van der Waals surface area contributed by atoms with Crippen LogP contribution in [0.2, 0.25) is 0 Å². The number of benzene rings is 1. The van der Waals surface area contributed by atoms with Gasteiger partial charge in [0.1, 0.15) is 5.82 Å². The van der Waals surface area contributed by atoms with Gasteiger partial charge in [0.25, 0.3) is 0 Å². The molecule has 0 aliphatic carbocycles. The molecule has 0 saturated heterocycles. The van der Waals surface area contributed by atoms with Gasteiger partial charge in [-0.1, -0.05) is 13.0 Å². The number of rotatable bonds is 5. The van der Waals surface area contributed by atoms with E-state index in [4.69, 9.17) is 0 Å². The van der Waals surface area contributed by atoms with Gasteiger partial charge in [-0.25, -0.2) is 4.39 Å². The number of hydrogen-bond donors (Lipinski definition) is 2. The quantitative estimate of drug-likeness (QED) is 0.647. The summed E-state index contributed by atoms with van der Waals surface area (Å²) in [6.07, 6.45) is 1.89. The predicted molar refractivity (Wildman–Crippen MR) is 77.5 cm³/mol. The topological polar surface area (TPSA) is 36.4 Å². The van der Waals surface area contributed by atoms with Crippen LogP contribution >= 0.6 is 15.9 Å². The van der Waals surface area contributed by atoms with Gasteiger partial charge in [0.15, 0.2) is 5.96 Å². The summed E-state index contributed by atoms with van der Waals surface area (Å²) in [5.41, 5.74) is 1.08. The third kappa shape index (κ3) is 5.04. The summed E-state index contributed by atoms with van der Waals surface area (Å²) >= 11 is 3.18. The van der Waals surface area contributed by atoms with Crippen molar-refractivity contribution < 1.29 is 4.39 Å². The first-order chi connectivity index (χ1) is 8.67. The van der Waals surface area contributed by atoms with Gasteiger partial charge in [0.2, 0.25) is 0 Å². The maximum absolute atomic E-state index is 13.1. The number of nitrogens with one attached hydrogen (secondary N) is 2. The molecule has 2 N–H and O–H groups in total. The van der Waals surface area contributed by atoms with Crippen LogP contribution in [0.1, 0.15) is 18.9 Å². The Bertz CT molecular complexity index is 407. The zero-order chi connectivity index (χ0) is 13.4. The Morgan fingerprint density at radius 2 is 2.06 bits per heavy atom. The summed E-state index contributed by atoms with van der Waals surface area (Å²) in [5, 5.41) is 6.41. The Morgan fingerprint density at radius 1 is 1.33 bits per heavy atom. The molecule has 0 bridgehead atoms. The van der Waals surface area contributed by atoms with Crippen molar-refractivity contribution in [3.8, 4) is 0 Å². The SMILES string of the molecule is CCCNC(=NC)NCCc1ccc(F)c(Br)c1. The zero-order valence-corrected chi connectivity index (χ0v) is 12.3. The summed E-state index contributed by atoms with van der Waals surface area (Å²) in [6, 6.07) is 5.08. The highest BCUT2D eigenvalue weighted by molar-refractivity contribution is 9.10. The molecule has 0 fully saturated rings. The summed E-state index contributed by atoms with van der Waals surface area (Å²) in [7, 11) is 1.75. The first kappa shape index (κ1) is 15.0. The molecule has 0 amide bonds. The predicted octanol–water partition coefficient (Wildman–Crippen LogP) is 2.71. The van der Waals surface area contributed by atoms with E-state index in [1.54, 1.807) is 19.2 Å². The Balaban J connectivity index is 2.38. The van der Waals surface area contributed by atoms with Crippen LogP contribution in [0.5, 0.6) is 0 Å². The molecule has 1 aromatic rings. The van der Waals surface area contributed by atoms with Crippen molar-refractivity contribution in [2.45, 2.75) is 19.8 Å². The lowest BCUT2D eigenvalue weighted by Gasteiger charge is -2.11. The van der Waals surface area contributed by atoms with Gasteiger partial charge in [-0.15, -0.1) is 0 Å². The van der Waals surface area contributed by atoms with Crippen molar-refractivity contribution in [3.05, 3.63) is 34.1 Å². The van der Waals surface area contributed by atoms with Gasteiger partial charge >= 0.3 is 0 Å². The van der Waals surface area contributed by atoms with Crippen molar-refractivity contribution in [2.24, 2.45) is 4.99 Å². The molecule has 100 valence electrons. The van der Waals surface area contributed by atoms with E-state index in [1.807, 2.05) is 0 Å². The van der Waals surface area contributed by atoms with E-state index in [0.717, 1.165) is 37.5 Å². The smallest absolute Gasteiger partial charge is 0.190 e. The van der Waals surface area contributed by atoms with E-state index in [1.165, 1.54) is 6.07 Å². The lowest BCUT2D eigenvalue weighted by Crippen LogP contribution is -2.38. The minimum atomic E-state index is -0.230. The Hall–Kier alpha value is -1.10. The third-order valence-corrected chi connectivity index (χ3v) is 3.06. The normalized spacial score (nSPS) is 11.4. The van der Waals surface area contributed by atoms with Crippen molar-refractivity contribution in [3.63, 3.8) is 0 Å². The van der Waals surface area contributed by atoms with E-state index in [0.29, 0.717) is 4.47 Å². The fraction of sp³-hybridized carbons (Fsp3) is 0.462. The minimum absolute atomic E-state index is 0.230. The lowest BCUT2D eigenvalue weighted by atomic mass is 10.1. The van der Waals surface area contributed by atoms with Crippen LogP contribution in [0.3, 0.4) is 0 Å². The summed E-state index contributed by atoms with van der Waals surface area (Å²) in [6.45, 7) is 3.78. The molecule has 5 heteroatoms. The maximum atomic E-state index is 13.1. The molecule has 0 spiro atoms. The Kier molecular flexibility index (Phi) is 6.72. The van der Waals surface area contributed by atoms with Crippen LogP contribution < -0.4 is 10.6 Å². The highest BCUT2D eigenvalue weighted by atomic mass is 79.9. The van der Waals surface area contributed by atoms with Gasteiger partial charge in [0.05, 0.1) is 4.47 Å². The molecule has 18 heavy (non-hydrogen) atoms.